The molecule has 3 unspecified atom stereocenters. The Kier molecular flexibility index (Phi) is 3.11. The van der Waals surface area contributed by atoms with E-state index in [9.17, 15) is 9.59 Å². The van der Waals surface area contributed by atoms with Crippen molar-refractivity contribution in [3.05, 3.63) is 0 Å². The van der Waals surface area contributed by atoms with Crippen LogP contribution in [-0.4, -0.2) is 37.0 Å². The molecule has 2 heterocycles. The molecule has 1 saturated carbocycles. The summed E-state index contributed by atoms with van der Waals surface area (Å²) in [5, 5.41) is 9.56. The van der Waals surface area contributed by atoms with Gasteiger partial charge < -0.3 is 10.6 Å². The van der Waals surface area contributed by atoms with Crippen LogP contribution < -0.4 is 16.0 Å². The third-order valence-electron chi connectivity index (χ3n) is 4.84. The van der Waals surface area contributed by atoms with Gasteiger partial charge in [0.15, 0.2) is 0 Å². The maximum absolute atomic E-state index is 12.2. The topological polar surface area (TPSA) is 70.2 Å². The molecule has 0 aromatic rings. The number of hydrogen-bond donors (Lipinski definition) is 3. The molecule has 3 rings (SSSR count). The van der Waals surface area contributed by atoms with Gasteiger partial charge in [-0.2, -0.15) is 0 Å². The van der Waals surface area contributed by atoms with Crippen molar-refractivity contribution in [3.8, 4) is 0 Å². The van der Waals surface area contributed by atoms with E-state index in [0.717, 1.165) is 38.8 Å². The number of rotatable bonds is 1. The van der Waals surface area contributed by atoms with E-state index in [-0.39, 0.29) is 17.7 Å². The smallest absolute Gasteiger partial charge is 0.241 e. The molecule has 3 fully saturated rings. The predicted molar refractivity (Wildman–Crippen MR) is 66.8 cm³/mol. The number of carbonyl (C=O) groups is 2. The molecule has 100 valence electrons. The van der Waals surface area contributed by atoms with Crippen LogP contribution in [0.25, 0.3) is 0 Å². The van der Waals surface area contributed by atoms with E-state index in [4.69, 9.17) is 0 Å². The number of carbonyl (C=O) groups excluding carboxylic acids is 2. The largest absolute Gasteiger partial charge is 0.342 e. The fraction of sp³-hybridized carbons (Fsp3) is 0.846. The Labute approximate surface area is 107 Å². The van der Waals surface area contributed by atoms with E-state index >= 15 is 0 Å². The van der Waals surface area contributed by atoms with Gasteiger partial charge in [0.05, 0.1) is 6.67 Å². The minimum absolute atomic E-state index is 0.0582. The molecular weight excluding hydrogens is 230 g/mol. The molecule has 5 heteroatoms. The molecule has 3 aliphatic rings. The van der Waals surface area contributed by atoms with Gasteiger partial charge in [-0.3, -0.25) is 14.9 Å². The maximum Gasteiger partial charge on any atom is 0.241 e. The van der Waals surface area contributed by atoms with Crippen molar-refractivity contribution in [1.82, 2.24) is 16.0 Å². The van der Waals surface area contributed by atoms with Crippen LogP contribution in [0.1, 0.15) is 32.1 Å². The lowest BCUT2D eigenvalue weighted by atomic mass is 9.67. The van der Waals surface area contributed by atoms with Gasteiger partial charge in [-0.15, -0.1) is 0 Å². The lowest BCUT2D eigenvalue weighted by Crippen LogP contribution is -2.63. The number of hydrogen-bond acceptors (Lipinski definition) is 4. The Balaban J connectivity index is 1.87. The van der Waals surface area contributed by atoms with Crippen molar-refractivity contribution in [2.75, 3.05) is 19.8 Å². The number of amides is 1. The summed E-state index contributed by atoms with van der Waals surface area (Å²) in [5.74, 6) is 0.618. The van der Waals surface area contributed by atoms with Crippen molar-refractivity contribution in [3.63, 3.8) is 0 Å². The third kappa shape index (κ3) is 1.77. The van der Waals surface area contributed by atoms with Crippen LogP contribution in [0.15, 0.2) is 0 Å². The summed E-state index contributed by atoms with van der Waals surface area (Å²) in [7, 11) is 0. The number of piperidine rings is 1. The summed E-state index contributed by atoms with van der Waals surface area (Å²) < 4.78 is 0. The van der Waals surface area contributed by atoms with Gasteiger partial charge in [-0.1, -0.05) is 6.42 Å². The molecule has 2 aliphatic heterocycles. The first-order valence-corrected chi connectivity index (χ1v) is 7.01. The number of Topliss-reactive ketones (excluding diaryl/α,β-unsaturated/α-hetero) is 1. The Morgan fingerprint density at radius 1 is 1.22 bits per heavy atom. The van der Waals surface area contributed by atoms with Crippen LogP contribution in [-0.2, 0) is 9.59 Å². The molecule has 1 amide bonds. The molecule has 0 radical (unpaired) electrons. The zero-order valence-corrected chi connectivity index (χ0v) is 10.6. The maximum atomic E-state index is 12.2. The van der Waals surface area contributed by atoms with Crippen LogP contribution in [0.3, 0.4) is 0 Å². The van der Waals surface area contributed by atoms with E-state index in [1.165, 1.54) is 0 Å². The molecule has 0 aromatic heterocycles. The van der Waals surface area contributed by atoms with Gasteiger partial charge in [0, 0.05) is 24.8 Å². The van der Waals surface area contributed by atoms with Crippen LogP contribution >= 0.6 is 0 Å². The highest BCUT2D eigenvalue weighted by Gasteiger charge is 2.53. The Hall–Kier alpha value is -0.940. The molecule has 1 spiro atoms. The fourth-order valence-corrected chi connectivity index (χ4v) is 3.85. The van der Waals surface area contributed by atoms with E-state index in [2.05, 4.69) is 16.0 Å². The van der Waals surface area contributed by atoms with Gasteiger partial charge in [0.2, 0.25) is 5.91 Å². The monoisotopic (exact) mass is 251 g/mol. The van der Waals surface area contributed by atoms with Crippen LogP contribution in [0.4, 0.5) is 0 Å². The minimum atomic E-state index is -0.497. The lowest BCUT2D eigenvalue weighted by Gasteiger charge is -2.44. The molecule has 3 atom stereocenters. The summed E-state index contributed by atoms with van der Waals surface area (Å²) in [5.41, 5.74) is -0.497. The standard InChI is InChI=1S/C13H21N3O2/c17-11-4-2-1-3-9(11)10-7-14-6-5-13(10)12(18)15-8-16-13/h9-10,14,16H,1-8H2,(H,15,18). The zero-order chi connectivity index (χ0) is 12.6. The second-order valence-electron chi connectivity index (χ2n) is 5.71. The zero-order valence-electron chi connectivity index (χ0n) is 10.6. The highest BCUT2D eigenvalue weighted by molar-refractivity contribution is 5.90. The summed E-state index contributed by atoms with van der Waals surface area (Å²) in [6.45, 7) is 2.16. The van der Waals surface area contributed by atoms with E-state index in [0.29, 0.717) is 18.9 Å². The van der Waals surface area contributed by atoms with Crippen LogP contribution in [0, 0.1) is 11.8 Å². The Bertz CT molecular complexity index is 371. The molecule has 1 aliphatic carbocycles. The first-order chi connectivity index (χ1) is 8.74. The van der Waals surface area contributed by atoms with Crippen molar-refractivity contribution < 1.29 is 9.59 Å². The second-order valence-corrected chi connectivity index (χ2v) is 5.71. The molecule has 18 heavy (non-hydrogen) atoms. The van der Waals surface area contributed by atoms with Crippen LogP contribution in [0.2, 0.25) is 0 Å². The van der Waals surface area contributed by atoms with Crippen molar-refractivity contribution in [2.45, 2.75) is 37.6 Å². The molecular formula is C13H21N3O2. The van der Waals surface area contributed by atoms with Crippen molar-refractivity contribution >= 4 is 11.7 Å². The van der Waals surface area contributed by atoms with Gasteiger partial charge in [-0.05, 0) is 25.8 Å². The third-order valence-corrected chi connectivity index (χ3v) is 4.84. The normalized spacial score (nSPS) is 41.1. The Morgan fingerprint density at radius 3 is 2.83 bits per heavy atom. The minimum Gasteiger partial charge on any atom is -0.342 e. The van der Waals surface area contributed by atoms with Gasteiger partial charge in [0.25, 0.3) is 0 Å². The first-order valence-electron chi connectivity index (χ1n) is 7.01. The quantitative estimate of drug-likeness (QED) is 0.602. The average molecular weight is 251 g/mol. The summed E-state index contributed by atoms with van der Waals surface area (Å²) >= 11 is 0. The van der Waals surface area contributed by atoms with E-state index in [1.807, 2.05) is 0 Å². The van der Waals surface area contributed by atoms with Crippen molar-refractivity contribution in [1.29, 1.82) is 0 Å². The summed E-state index contributed by atoms with van der Waals surface area (Å²) in [6, 6.07) is 0. The van der Waals surface area contributed by atoms with Crippen molar-refractivity contribution in [2.24, 2.45) is 11.8 Å². The average Bonchev–Trinajstić information content (AvgIpc) is 2.73. The van der Waals surface area contributed by atoms with Gasteiger partial charge in [0.1, 0.15) is 11.3 Å². The van der Waals surface area contributed by atoms with E-state index < -0.39 is 5.54 Å². The molecule has 5 nitrogen and oxygen atoms in total. The van der Waals surface area contributed by atoms with Gasteiger partial charge >= 0.3 is 0 Å². The predicted octanol–water partition coefficient (Wildman–Crippen LogP) is -0.229. The molecule has 0 aromatic carbocycles. The lowest BCUT2D eigenvalue weighted by molar-refractivity contribution is -0.133. The summed E-state index contributed by atoms with van der Waals surface area (Å²) in [4.78, 5) is 24.4. The SMILES string of the molecule is O=C1CCCCC1C1CNCCC12NCNC2=O. The molecule has 2 saturated heterocycles. The highest BCUT2D eigenvalue weighted by atomic mass is 16.2. The highest BCUT2D eigenvalue weighted by Crippen LogP contribution is 2.38. The fourth-order valence-electron chi connectivity index (χ4n) is 3.85. The first kappa shape index (κ1) is 12.1. The van der Waals surface area contributed by atoms with Crippen LogP contribution in [0.5, 0.6) is 0 Å². The number of ketones is 1. The molecule has 3 N–H and O–H groups in total. The van der Waals surface area contributed by atoms with Gasteiger partial charge in [-0.25, -0.2) is 0 Å². The molecule has 0 bridgehead atoms. The number of nitrogens with one attached hydrogen (secondary N) is 3. The van der Waals surface area contributed by atoms with E-state index in [1.54, 1.807) is 0 Å². The Morgan fingerprint density at radius 2 is 2.11 bits per heavy atom. The summed E-state index contributed by atoms with van der Waals surface area (Å²) in [6.07, 6.45) is 4.56. The second kappa shape index (κ2) is 4.63.